The second kappa shape index (κ2) is 7.13. The summed E-state index contributed by atoms with van der Waals surface area (Å²) >= 11 is 3.38. The Morgan fingerprint density at radius 1 is 1.14 bits per heavy atom. The first-order valence-corrected chi connectivity index (χ1v) is 7.35. The zero-order valence-corrected chi connectivity index (χ0v) is 13.5. The van der Waals surface area contributed by atoms with Gasteiger partial charge >= 0.3 is 0 Å². The third kappa shape index (κ3) is 4.23. The van der Waals surface area contributed by atoms with Crippen LogP contribution in [-0.4, -0.2) is 19.1 Å². The van der Waals surface area contributed by atoms with Crippen molar-refractivity contribution in [3.63, 3.8) is 0 Å². The fourth-order valence-corrected chi connectivity index (χ4v) is 2.11. The van der Waals surface area contributed by atoms with E-state index in [9.17, 15) is 4.79 Å². The first-order valence-electron chi connectivity index (χ1n) is 6.56. The maximum Gasteiger partial charge on any atom is 0.246 e. The molecule has 0 saturated heterocycles. The van der Waals surface area contributed by atoms with Crippen LogP contribution in [0.5, 0.6) is 5.75 Å². The minimum atomic E-state index is -0.365. The number of ether oxygens (including phenoxy) is 1. The summed E-state index contributed by atoms with van der Waals surface area (Å²) in [5, 5.41) is 6.01. The number of hydrogen-bond donors (Lipinski definition) is 2. The van der Waals surface area contributed by atoms with Crippen LogP contribution >= 0.6 is 15.9 Å². The molecule has 2 aromatic carbocycles. The smallest absolute Gasteiger partial charge is 0.246 e. The number of nitrogens with one attached hydrogen (secondary N) is 2. The number of methoxy groups -OCH3 is 1. The minimum absolute atomic E-state index is 0.123. The largest absolute Gasteiger partial charge is 0.495 e. The van der Waals surface area contributed by atoms with Gasteiger partial charge in [0.2, 0.25) is 5.91 Å². The first-order chi connectivity index (χ1) is 10.1. The van der Waals surface area contributed by atoms with E-state index in [2.05, 4.69) is 26.6 Å². The average Bonchev–Trinajstić information content (AvgIpc) is 2.50. The fourth-order valence-electron chi connectivity index (χ4n) is 1.85. The summed E-state index contributed by atoms with van der Waals surface area (Å²) < 4.78 is 6.22. The molecule has 21 heavy (non-hydrogen) atoms. The van der Waals surface area contributed by atoms with Gasteiger partial charge in [-0.3, -0.25) is 4.79 Å². The van der Waals surface area contributed by atoms with Crippen molar-refractivity contribution in [3.05, 3.63) is 53.0 Å². The van der Waals surface area contributed by atoms with Crippen LogP contribution < -0.4 is 15.4 Å². The molecule has 0 unspecified atom stereocenters. The van der Waals surface area contributed by atoms with Crippen molar-refractivity contribution >= 4 is 33.2 Å². The lowest BCUT2D eigenvalue weighted by Crippen LogP contribution is -2.31. The van der Waals surface area contributed by atoms with Crippen molar-refractivity contribution in [1.82, 2.24) is 0 Å². The van der Waals surface area contributed by atoms with Crippen LogP contribution in [0.25, 0.3) is 0 Å². The number of rotatable bonds is 5. The molecule has 0 bridgehead atoms. The number of carbonyl (C=O) groups excluding carboxylic acids is 1. The Hall–Kier alpha value is -2.01. The van der Waals surface area contributed by atoms with Gasteiger partial charge in [-0.15, -0.1) is 0 Å². The second-order valence-electron chi connectivity index (χ2n) is 4.56. The van der Waals surface area contributed by atoms with Gasteiger partial charge in [-0.2, -0.15) is 0 Å². The summed E-state index contributed by atoms with van der Waals surface area (Å²) in [7, 11) is 1.58. The summed E-state index contributed by atoms with van der Waals surface area (Å²) in [6, 6.07) is 14.6. The van der Waals surface area contributed by atoms with Crippen molar-refractivity contribution in [2.24, 2.45) is 0 Å². The maximum atomic E-state index is 12.2. The van der Waals surface area contributed by atoms with Gasteiger partial charge < -0.3 is 15.4 Å². The molecular formula is C16H17BrN2O2. The monoisotopic (exact) mass is 348 g/mol. The Kier molecular flexibility index (Phi) is 5.22. The minimum Gasteiger partial charge on any atom is -0.495 e. The quantitative estimate of drug-likeness (QED) is 0.861. The van der Waals surface area contributed by atoms with Crippen molar-refractivity contribution in [2.75, 3.05) is 17.7 Å². The Labute approximate surface area is 132 Å². The van der Waals surface area contributed by atoms with E-state index < -0.39 is 0 Å². The molecule has 0 fully saturated rings. The zero-order chi connectivity index (χ0) is 15.2. The highest BCUT2D eigenvalue weighted by molar-refractivity contribution is 9.10. The van der Waals surface area contributed by atoms with Gasteiger partial charge in [-0.05, 0) is 43.3 Å². The Morgan fingerprint density at radius 3 is 2.48 bits per heavy atom. The predicted octanol–water partition coefficient (Wildman–Crippen LogP) is 3.90. The predicted molar refractivity (Wildman–Crippen MR) is 88.9 cm³/mol. The van der Waals surface area contributed by atoms with Crippen LogP contribution in [-0.2, 0) is 4.79 Å². The van der Waals surface area contributed by atoms with Gasteiger partial charge in [0.05, 0.1) is 12.8 Å². The van der Waals surface area contributed by atoms with E-state index in [1.807, 2.05) is 55.5 Å². The molecule has 2 N–H and O–H groups in total. The van der Waals surface area contributed by atoms with Crippen LogP contribution in [0.3, 0.4) is 0 Å². The summed E-state index contributed by atoms with van der Waals surface area (Å²) in [6.07, 6.45) is 0. The number of anilines is 2. The highest BCUT2D eigenvalue weighted by Crippen LogP contribution is 2.23. The van der Waals surface area contributed by atoms with E-state index >= 15 is 0 Å². The SMILES string of the molecule is COc1ccccc1NC(=O)[C@H](C)Nc1ccc(Br)cc1. The van der Waals surface area contributed by atoms with E-state index in [1.165, 1.54) is 0 Å². The number of hydrogen-bond acceptors (Lipinski definition) is 3. The molecule has 0 aliphatic heterocycles. The van der Waals surface area contributed by atoms with Gasteiger partial charge in [0.1, 0.15) is 11.8 Å². The van der Waals surface area contributed by atoms with E-state index in [1.54, 1.807) is 7.11 Å². The van der Waals surface area contributed by atoms with Crippen molar-refractivity contribution < 1.29 is 9.53 Å². The van der Waals surface area contributed by atoms with Gasteiger partial charge in [0.25, 0.3) is 0 Å². The molecule has 0 heterocycles. The normalized spacial score (nSPS) is 11.6. The lowest BCUT2D eigenvalue weighted by atomic mass is 10.2. The van der Waals surface area contributed by atoms with Crippen LogP contribution in [0.1, 0.15) is 6.92 Å². The number of para-hydroxylation sites is 2. The molecule has 5 heteroatoms. The second-order valence-corrected chi connectivity index (χ2v) is 5.48. The molecular weight excluding hydrogens is 332 g/mol. The first kappa shape index (κ1) is 15.4. The highest BCUT2D eigenvalue weighted by Gasteiger charge is 2.14. The maximum absolute atomic E-state index is 12.2. The van der Waals surface area contributed by atoms with Crippen molar-refractivity contribution in [3.8, 4) is 5.75 Å². The summed E-state index contributed by atoms with van der Waals surface area (Å²) in [6.45, 7) is 1.81. The Balaban J connectivity index is 2.01. The van der Waals surface area contributed by atoms with E-state index in [0.29, 0.717) is 11.4 Å². The van der Waals surface area contributed by atoms with Crippen LogP contribution in [0.2, 0.25) is 0 Å². The third-order valence-corrected chi connectivity index (χ3v) is 3.51. The summed E-state index contributed by atoms with van der Waals surface area (Å²) in [5.74, 6) is 0.518. The molecule has 0 aromatic heterocycles. The summed E-state index contributed by atoms with van der Waals surface area (Å²) in [5.41, 5.74) is 1.55. The van der Waals surface area contributed by atoms with Gasteiger partial charge in [-0.1, -0.05) is 28.1 Å². The molecule has 0 aliphatic rings. The molecule has 0 spiro atoms. The molecule has 1 atom stereocenters. The number of amides is 1. The Morgan fingerprint density at radius 2 is 1.81 bits per heavy atom. The van der Waals surface area contributed by atoms with E-state index in [-0.39, 0.29) is 11.9 Å². The zero-order valence-electron chi connectivity index (χ0n) is 11.9. The lowest BCUT2D eigenvalue weighted by Gasteiger charge is -2.16. The molecule has 0 saturated carbocycles. The number of carbonyl (C=O) groups is 1. The van der Waals surface area contributed by atoms with Crippen LogP contribution in [0.15, 0.2) is 53.0 Å². The van der Waals surface area contributed by atoms with Gasteiger partial charge in [-0.25, -0.2) is 0 Å². The number of benzene rings is 2. The van der Waals surface area contributed by atoms with E-state index in [0.717, 1.165) is 10.2 Å². The third-order valence-electron chi connectivity index (χ3n) is 2.99. The summed E-state index contributed by atoms with van der Waals surface area (Å²) in [4.78, 5) is 12.2. The van der Waals surface area contributed by atoms with Gasteiger partial charge in [0.15, 0.2) is 0 Å². The standard InChI is InChI=1S/C16H17BrN2O2/c1-11(18-13-9-7-12(17)8-10-13)16(20)19-14-5-3-4-6-15(14)21-2/h3-11,18H,1-2H3,(H,19,20)/t11-/m0/s1. The van der Waals surface area contributed by atoms with Gasteiger partial charge in [0, 0.05) is 10.2 Å². The number of halogens is 1. The lowest BCUT2D eigenvalue weighted by molar-refractivity contribution is -0.116. The molecule has 2 rings (SSSR count). The molecule has 1 amide bonds. The van der Waals surface area contributed by atoms with Crippen molar-refractivity contribution in [2.45, 2.75) is 13.0 Å². The highest BCUT2D eigenvalue weighted by atomic mass is 79.9. The average molecular weight is 349 g/mol. The Bertz CT molecular complexity index is 614. The van der Waals surface area contributed by atoms with Crippen LogP contribution in [0.4, 0.5) is 11.4 Å². The van der Waals surface area contributed by atoms with E-state index in [4.69, 9.17) is 4.74 Å². The molecule has 4 nitrogen and oxygen atoms in total. The topological polar surface area (TPSA) is 50.4 Å². The fraction of sp³-hybridized carbons (Fsp3) is 0.188. The van der Waals surface area contributed by atoms with Crippen LogP contribution in [0, 0.1) is 0 Å². The molecule has 0 radical (unpaired) electrons. The molecule has 0 aliphatic carbocycles. The van der Waals surface area contributed by atoms with Crippen molar-refractivity contribution in [1.29, 1.82) is 0 Å². The molecule has 2 aromatic rings. The molecule has 110 valence electrons.